The van der Waals surface area contributed by atoms with E-state index >= 15 is 0 Å². The summed E-state index contributed by atoms with van der Waals surface area (Å²) in [5, 5.41) is 10.7. The summed E-state index contributed by atoms with van der Waals surface area (Å²) < 4.78 is 2.14. The predicted molar refractivity (Wildman–Crippen MR) is 73.4 cm³/mol. The van der Waals surface area contributed by atoms with Crippen LogP contribution in [0.2, 0.25) is 0 Å². The van der Waals surface area contributed by atoms with Gasteiger partial charge in [-0.2, -0.15) is 0 Å². The number of aliphatic hydroxyl groups is 1. The van der Waals surface area contributed by atoms with Gasteiger partial charge in [-0.05, 0) is 38.5 Å². The molecule has 0 aliphatic heterocycles. The molecule has 0 saturated heterocycles. The minimum absolute atomic E-state index is 0.511. The first-order chi connectivity index (χ1) is 8.67. The summed E-state index contributed by atoms with van der Waals surface area (Å²) in [5.74, 6) is 1.87. The van der Waals surface area contributed by atoms with Gasteiger partial charge in [0.1, 0.15) is 5.82 Å². The van der Waals surface area contributed by atoms with Gasteiger partial charge < -0.3 is 9.67 Å². The molecule has 1 aliphatic rings. The van der Waals surface area contributed by atoms with Crippen molar-refractivity contribution >= 4 is 0 Å². The van der Waals surface area contributed by atoms with Crippen LogP contribution in [0.15, 0.2) is 12.4 Å². The van der Waals surface area contributed by atoms with E-state index < -0.39 is 5.60 Å². The van der Waals surface area contributed by atoms with Crippen LogP contribution in [0.25, 0.3) is 0 Å². The normalized spacial score (nSPS) is 28.5. The van der Waals surface area contributed by atoms with Crippen LogP contribution in [0.5, 0.6) is 0 Å². The fraction of sp³-hybridized carbons (Fsp3) is 0.800. The number of nitrogens with zero attached hydrogens (tertiary/aromatic N) is 2. The van der Waals surface area contributed by atoms with Crippen molar-refractivity contribution in [1.82, 2.24) is 9.55 Å². The number of rotatable bonds is 5. The number of hydrogen-bond acceptors (Lipinski definition) is 2. The Morgan fingerprint density at radius 3 is 2.72 bits per heavy atom. The van der Waals surface area contributed by atoms with E-state index in [1.165, 1.54) is 25.7 Å². The molecule has 1 saturated carbocycles. The van der Waals surface area contributed by atoms with Crippen molar-refractivity contribution in [3.8, 4) is 0 Å². The number of aromatic nitrogens is 2. The second kappa shape index (κ2) is 5.87. The topological polar surface area (TPSA) is 38.1 Å². The summed E-state index contributed by atoms with van der Waals surface area (Å²) >= 11 is 0. The molecule has 0 unspecified atom stereocenters. The Hall–Kier alpha value is -0.830. The molecular formula is C15H26N2O. The second-order valence-corrected chi connectivity index (χ2v) is 5.76. The van der Waals surface area contributed by atoms with Gasteiger partial charge in [0.15, 0.2) is 0 Å². The van der Waals surface area contributed by atoms with Gasteiger partial charge in [-0.1, -0.05) is 19.8 Å². The van der Waals surface area contributed by atoms with E-state index in [9.17, 15) is 5.11 Å². The van der Waals surface area contributed by atoms with Gasteiger partial charge in [-0.15, -0.1) is 0 Å². The van der Waals surface area contributed by atoms with Gasteiger partial charge in [-0.3, -0.25) is 0 Å². The van der Waals surface area contributed by atoms with Crippen LogP contribution in [-0.4, -0.2) is 20.3 Å². The molecule has 0 bridgehead atoms. The van der Waals surface area contributed by atoms with Gasteiger partial charge in [0.05, 0.1) is 5.60 Å². The number of aryl methyl sites for hydroxylation is 1. The molecule has 1 N–H and O–H groups in total. The molecule has 1 aromatic heterocycles. The monoisotopic (exact) mass is 250 g/mol. The average Bonchev–Trinajstić information content (AvgIpc) is 2.79. The molecule has 102 valence electrons. The van der Waals surface area contributed by atoms with Crippen molar-refractivity contribution in [3.63, 3.8) is 0 Å². The highest BCUT2D eigenvalue weighted by atomic mass is 16.3. The zero-order valence-electron chi connectivity index (χ0n) is 11.7. The maximum absolute atomic E-state index is 10.7. The molecule has 1 heterocycles. The van der Waals surface area contributed by atoms with Crippen molar-refractivity contribution in [3.05, 3.63) is 18.2 Å². The molecule has 0 atom stereocenters. The highest BCUT2D eigenvalue weighted by Gasteiger charge is 2.34. The highest BCUT2D eigenvalue weighted by Crippen LogP contribution is 2.36. The quantitative estimate of drug-likeness (QED) is 0.871. The third-order valence-corrected chi connectivity index (χ3v) is 4.36. The lowest BCUT2D eigenvalue weighted by atomic mass is 9.75. The van der Waals surface area contributed by atoms with E-state index in [0.29, 0.717) is 6.42 Å². The Balaban J connectivity index is 1.93. The predicted octanol–water partition coefficient (Wildman–Crippen LogP) is 3.17. The SMILES string of the molecule is CCCC1CCC(O)(Cc2nccn2CC)CC1. The zero-order valence-corrected chi connectivity index (χ0v) is 11.7. The smallest absolute Gasteiger partial charge is 0.111 e. The Morgan fingerprint density at radius 2 is 2.11 bits per heavy atom. The molecule has 3 nitrogen and oxygen atoms in total. The van der Waals surface area contributed by atoms with Gasteiger partial charge in [0.25, 0.3) is 0 Å². The zero-order chi connectivity index (χ0) is 13.0. The summed E-state index contributed by atoms with van der Waals surface area (Å²) in [6.07, 6.45) is 11.4. The van der Waals surface area contributed by atoms with E-state index in [1.807, 2.05) is 12.4 Å². The number of hydrogen-bond donors (Lipinski definition) is 1. The molecule has 18 heavy (non-hydrogen) atoms. The van der Waals surface area contributed by atoms with Crippen molar-refractivity contribution in [2.45, 2.75) is 70.9 Å². The maximum atomic E-state index is 10.7. The molecular weight excluding hydrogens is 224 g/mol. The van der Waals surface area contributed by atoms with Gasteiger partial charge >= 0.3 is 0 Å². The summed E-state index contributed by atoms with van der Waals surface area (Å²) in [5.41, 5.74) is -0.511. The third-order valence-electron chi connectivity index (χ3n) is 4.36. The van der Waals surface area contributed by atoms with E-state index in [0.717, 1.165) is 31.1 Å². The highest BCUT2D eigenvalue weighted by molar-refractivity contribution is 5.00. The van der Waals surface area contributed by atoms with Crippen LogP contribution in [0.3, 0.4) is 0 Å². The van der Waals surface area contributed by atoms with Gasteiger partial charge in [0, 0.05) is 25.4 Å². The first-order valence-electron chi connectivity index (χ1n) is 7.39. The van der Waals surface area contributed by atoms with Crippen LogP contribution >= 0.6 is 0 Å². The summed E-state index contributed by atoms with van der Waals surface area (Å²) in [6, 6.07) is 0. The molecule has 0 radical (unpaired) electrons. The molecule has 1 aromatic rings. The maximum Gasteiger partial charge on any atom is 0.111 e. The van der Waals surface area contributed by atoms with Gasteiger partial charge in [0.2, 0.25) is 0 Å². The van der Waals surface area contributed by atoms with Crippen molar-refractivity contribution in [1.29, 1.82) is 0 Å². The largest absolute Gasteiger partial charge is 0.389 e. The van der Waals surface area contributed by atoms with Crippen LogP contribution in [0.4, 0.5) is 0 Å². The lowest BCUT2D eigenvalue weighted by Gasteiger charge is -2.36. The van der Waals surface area contributed by atoms with E-state index in [2.05, 4.69) is 23.4 Å². The fourth-order valence-electron chi connectivity index (χ4n) is 3.18. The van der Waals surface area contributed by atoms with E-state index in [1.54, 1.807) is 0 Å². The minimum atomic E-state index is -0.511. The van der Waals surface area contributed by atoms with E-state index in [-0.39, 0.29) is 0 Å². The van der Waals surface area contributed by atoms with Crippen LogP contribution in [0.1, 0.15) is 58.2 Å². The van der Waals surface area contributed by atoms with Crippen LogP contribution in [0, 0.1) is 5.92 Å². The molecule has 0 aromatic carbocycles. The molecule has 1 aliphatic carbocycles. The third kappa shape index (κ3) is 3.14. The molecule has 0 amide bonds. The standard InChI is InChI=1S/C15H26N2O/c1-3-5-13-6-8-15(18,9-7-13)12-14-16-10-11-17(14)4-2/h10-11,13,18H,3-9,12H2,1-2H3. The first-order valence-corrected chi connectivity index (χ1v) is 7.39. The summed E-state index contributed by atoms with van der Waals surface area (Å²) in [4.78, 5) is 4.38. The summed E-state index contributed by atoms with van der Waals surface area (Å²) in [7, 11) is 0. The van der Waals surface area contributed by atoms with Gasteiger partial charge in [-0.25, -0.2) is 4.98 Å². The van der Waals surface area contributed by atoms with Crippen LogP contribution in [-0.2, 0) is 13.0 Å². The van der Waals surface area contributed by atoms with Crippen molar-refractivity contribution in [2.24, 2.45) is 5.92 Å². The Morgan fingerprint density at radius 1 is 1.39 bits per heavy atom. The Labute approximate surface area is 110 Å². The summed E-state index contributed by atoms with van der Waals surface area (Å²) in [6.45, 7) is 5.30. The molecule has 2 rings (SSSR count). The van der Waals surface area contributed by atoms with Crippen molar-refractivity contribution in [2.75, 3.05) is 0 Å². The van der Waals surface area contributed by atoms with E-state index in [4.69, 9.17) is 0 Å². The van der Waals surface area contributed by atoms with Crippen LogP contribution < -0.4 is 0 Å². The average molecular weight is 250 g/mol. The fourth-order valence-corrected chi connectivity index (χ4v) is 3.18. The lowest BCUT2D eigenvalue weighted by Crippen LogP contribution is -2.37. The molecule has 1 fully saturated rings. The second-order valence-electron chi connectivity index (χ2n) is 5.76. The molecule has 3 heteroatoms. The minimum Gasteiger partial charge on any atom is -0.389 e. The van der Waals surface area contributed by atoms with Crippen molar-refractivity contribution < 1.29 is 5.11 Å². The Kier molecular flexibility index (Phi) is 4.44. The lowest BCUT2D eigenvalue weighted by molar-refractivity contribution is -0.0120. The number of imidazole rings is 1. The first kappa shape index (κ1) is 13.6. The Bertz CT molecular complexity index is 364. The molecule has 0 spiro atoms.